The van der Waals surface area contributed by atoms with Gasteiger partial charge in [-0.3, -0.25) is 4.79 Å². The molecular weight excluding hydrogens is 320 g/mol. The van der Waals surface area contributed by atoms with Crippen LogP contribution in [0.1, 0.15) is 50.5 Å². The topological polar surface area (TPSA) is 43.3 Å². The summed E-state index contributed by atoms with van der Waals surface area (Å²) in [6.45, 7) is 7.81. The van der Waals surface area contributed by atoms with Gasteiger partial charge in [-0.2, -0.15) is 0 Å². The van der Waals surface area contributed by atoms with E-state index in [4.69, 9.17) is 4.74 Å². The van der Waals surface area contributed by atoms with Crippen molar-refractivity contribution in [3.8, 4) is 0 Å². The highest BCUT2D eigenvalue weighted by Crippen LogP contribution is 2.24. The van der Waals surface area contributed by atoms with Gasteiger partial charge in [-0.25, -0.2) is 0 Å². The number of carbonyl (C=O) groups excluding carboxylic acids is 1. The molecule has 1 fully saturated rings. The molecule has 5 heteroatoms. The summed E-state index contributed by atoms with van der Waals surface area (Å²) in [7, 11) is 0. The molecule has 0 aromatic carbocycles. The third-order valence-electron chi connectivity index (χ3n) is 3.59. The van der Waals surface area contributed by atoms with E-state index in [2.05, 4.69) is 42.0 Å². The molecule has 0 bridgehead atoms. The summed E-state index contributed by atoms with van der Waals surface area (Å²) in [5.41, 5.74) is 0.574. The normalized spacial score (nSPS) is 21.7. The van der Waals surface area contributed by atoms with Gasteiger partial charge in [0.1, 0.15) is 5.69 Å². The van der Waals surface area contributed by atoms with E-state index in [1.54, 1.807) is 0 Å². The van der Waals surface area contributed by atoms with E-state index in [0.29, 0.717) is 6.61 Å². The van der Waals surface area contributed by atoms with Gasteiger partial charge in [0, 0.05) is 29.9 Å². The molecule has 1 amide bonds. The van der Waals surface area contributed by atoms with Gasteiger partial charge in [0.25, 0.3) is 5.91 Å². The van der Waals surface area contributed by atoms with Gasteiger partial charge in [-0.15, -0.1) is 0 Å². The fourth-order valence-electron chi connectivity index (χ4n) is 2.71. The first-order valence-electron chi connectivity index (χ1n) is 7.22. The molecule has 1 N–H and O–H groups in total. The lowest BCUT2D eigenvalue weighted by Crippen LogP contribution is -2.46. The highest BCUT2D eigenvalue weighted by atomic mass is 79.9. The maximum Gasteiger partial charge on any atom is 0.268 e. The van der Waals surface area contributed by atoms with Gasteiger partial charge in [0.15, 0.2) is 0 Å². The number of carbonyl (C=O) groups is 1. The Morgan fingerprint density at radius 3 is 3.00 bits per heavy atom. The number of aromatic nitrogens is 1. The second-order valence-corrected chi connectivity index (χ2v) is 6.92. The average molecular weight is 343 g/mol. The largest absolute Gasteiger partial charge is 0.375 e. The van der Waals surface area contributed by atoms with Crippen LogP contribution in [0.4, 0.5) is 0 Å². The number of rotatable bonds is 4. The van der Waals surface area contributed by atoms with E-state index in [1.807, 2.05) is 16.8 Å². The molecule has 1 aromatic rings. The molecule has 20 heavy (non-hydrogen) atoms. The number of hydrogen-bond donors (Lipinski definition) is 1. The fraction of sp³-hybridized carbons (Fsp3) is 0.667. The van der Waals surface area contributed by atoms with Gasteiger partial charge in [0.05, 0.1) is 5.60 Å². The van der Waals surface area contributed by atoms with Crippen molar-refractivity contribution in [2.45, 2.75) is 58.2 Å². The Kier molecular flexibility index (Phi) is 4.91. The number of ether oxygens (including phenoxy) is 1. The molecular formula is C15H23BrN2O2. The highest BCUT2D eigenvalue weighted by Gasteiger charge is 2.30. The van der Waals surface area contributed by atoms with Crippen LogP contribution in [0.3, 0.4) is 0 Å². The molecule has 112 valence electrons. The van der Waals surface area contributed by atoms with Crippen LogP contribution in [-0.4, -0.2) is 28.7 Å². The molecule has 4 nitrogen and oxygen atoms in total. The molecule has 1 aliphatic rings. The zero-order chi connectivity index (χ0) is 14.8. The first-order valence-corrected chi connectivity index (χ1v) is 8.01. The Morgan fingerprint density at radius 2 is 2.35 bits per heavy atom. The summed E-state index contributed by atoms with van der Waals surface area (Å²) >= 11 is 3.44. The average Bonchev–Trinajstić information content (AvgIpc) is 2.69. The van der Waals surface area contributed by atoms with E-state index >= 15 is 0 Å². The summed E-state index contributed by atoms with van der Waals surface area (Å²) in [5, 5.41) is 3.14. The third-order valence-corrected chi connectivity index (χ3v) is 4.03. The van der Waals surface area contributed by atoms with Crippen molar-refractivity contribution in [2.24, 2.45) is 0 Å². The van der Waals surface area contributed by atoms with Crippen LogP contribution in [0.15, 0.2) is 16.7 Å². The smallest absolute Gasteiger partial charge is 0.268 e. The van der Waals surface area contributed by atoms with Crippen LogP contribution in [-0.2, 0) is 11.3 Å². The molecule has 2 heterocycles. The predicted molar refractivity (Wildman–Crippen MR) is 82.9 cm³/mol. The van der Waals surface area contributed by atoms with E-state index in [-0.39, 0.29) is 17.6 Å². The Bertz CT molecular complexity index is 482. The molecule has 1 saturated heterocycles. The monoisotopic (exact) mass is 342 g/mol. The summed E-state index contributed by atoms with van der Waals surface area (Å²) < 4.78 is 8.64. The SMILES string of the molecule is CCCn1cc(Br)cc1C(=O)NC1CCOC(C)(C)C1. The van der Waals surface area contributed by atoms with E-state index in [9.17, 15) is 4.79 Å². The van der Waals surface area contributed by atoms with Gasteiger partial charge >= 0.3 is 0 Å². The van der Waals surface area contributed by atoms with Gasteiger partial charge < -0.3 is 14.6 Å². The Labute approximate surface area is 129 Å². The molecule has 1 unspecified atom stereocenters. The minimum Gasteiger partial charge on any atom is -0.375 e. The zero-order valence-corrected chi connectivity index (χ0v) is 14.0. The summed E-state index contributed by atoms with van der Waals surface area (Å²) in [5.74, 6) is 0.00634. The van der Waals surface area contributed by atoms with Crippen molar-refractivity contribution in [3.05, 3.63) is 22.4 Å². The van der Waals surface area contributed by atoms with Crippen molar-refractivity contribution < 1.29 is 9.53 Å². The second kappa shape index (κ2) is 6.31. The lowest BCUT2D eigenvalue weighted by atomic mass is 9.94. The number of amides is 1. The minimum atomic E-state index is -0.151. The summed E-state index contributed by atoms with van der Waals surface area (Å²) in [4.78, 5) is 12.4. The molecule has 1 aromatic heterocycles. The maximum atomic E-state index is 12.4. The fourth-order valence-corrected chi connectivity index (χ4v) is 3.17. The van der Waals surface area contributed by atoms with E-state index in [1.165, 1.54) is 0 Å². The second-order valence-electron chi connectivity index (χ2n) is 6.01. The van der Waals surface area contributed by atoms with E-state index < -0.39 is 0 Å². The zero-order valence-electron chi connectivity index (χ0n) is 12.4. The van der Waals surface area contributed by atoms with Crippen LogP contribution < -0.4 is 5.32 Å². The third kappa shape index (κ3) is 3.85. The Hall–Kier alpha value is -0.810. The maximum absolute atomic E-state index is 12.4. The number of aryl methyl sites for hydroxylation is 1. The lowest BCUT2D eigenvalue weighted by molar-refractivity contribution is -0.0615. The Morgan fingerprint density at radius 1 is 1.60 bits per heavy atom. The number of hydrogen-bond acceptors (Lipinski definition) is 2. The predicted octanol–water partition coefficient (Wildman–Crippen LogP) is 3.35. The van der Waals surface area contributed by atoms with Crippen LogP contribution in [0, 0.1) is 0 Å². The van der Waals surface area contributed by atoms with Gasteiger partial charge in [0.2, 0.25) is 0 Å². The number of nitrogens with one attached hydrogen (secondary N) is 1. The van der Waals surface area contributed by atoms with Crippen LogP contribution in [0.5, 0.6) is 0 Å². The van der Waals surface area contributed by atoms with Crippen molar-refractivity contribution in [1.29, 1.82) is 0 Å². The first-order chi connectivity index (χ1) is 9.41. The number of halogens is 1. The standard InChI is InChI=1S/C15H23BrN2O2/c1-4-6-18-10-11(16)8-13(18)14(19)17-12-5-7-20-15(2,3)9-12/h8,10,12H,4-7,9H2,1-3H3,(H,17,19). The van der Waals surface area contributed by atoms with Crippen molar-refractivity contribution in [2.75, 3.05) is 6.61 Å². The quantitative estimate of drug-likeness (QED) is 0.911. The Balaban J connectivity index is 2.04. The minimum absolute atomic E-state index is 0.00634. The lowest BCUT2D eigenvalue weighted by Gasteiger charge is -2.35. The molecule has 0 radical (unpaired) electrons. The number of nitrogens with zero attached hydrogens (tertiary/aromatic N) is 1. The molecule has 1 aliphatic heterocycles. The van der Waals surface area contributed by atoms with Crippen molar-refractivity contribution in [1.82, 2.24) is 9.88 Å². The molecule has 1 atom stereocenters. The van der Waals surface area contributed by atoms with Gasteiger partial charge in [-0.05, 0) is 55.1 Å². The van der Waals surface area contributed by atoms with Crippen LogP contribution >= 0.6 is 15.9 Å². The van der Waals surface area contributed by atoms with Crippen LogP contribution in [0.25, 0.3) is 0 Å². The molecule has 0 aliphatic carbocycles. The first kappa shape index (κ1) is 15.6. The van der Waals surface area contributed by atoms with Crippen molar-refractivity contribution in [3.63, 3.8) is 0 Å². The molecule has 0 saturated carbocycles. The molecule has 0 spiro atoms. The van der Waals surface area contributed by atoms with E-state index in [0.717, 1.165) is 36.0 Å². The van der Waals surface area contributed by atoms with Crippen molar-refractivity contribution >= 4 is 21.8 Å². The highest BCUT2D eigenvalue weighted by molar-refractivity contribution is 9.10. The summed E-state index contributed by atoms with van der Waals surface area (Å²) in [6.07, 6.45) is 4.71. The summed E-state index contributed by atoms with van der Waals surface area (Å²) in [6, 6.07) is 2.07. The molecule has 2 rings (SSSR count). The van der Waals surface area contributed by atoms with Gasteiger partial charge in [-0.1, -0.05) is 6.92 Å². The van der Waals surface area contributed by atoms with Crippen LogP contribution in [0.2, 0.25) is 0 Å².